The Hall–Kier alpha value is -1.50. The molecule has 144 valence electrons. The number of hydrogen-bond acceptors (Lipinski definition) is 6. The van der Waals surface area contributed by atoms with E-state index in [4.69, 9.17) is 9.72 Å². The van der Waals surface area contributed by atoms with E-state index in [2.05, 4.69) is 12.1 Å². The van der Waals surface area contributed by atoms with Gasteiger partial charge >= 0.3 is 0 Å². The molecule has 3 rings (SSSR count). The van der Waals surface area contributed by atoms with E-state index >= 15 is 0 Å². The minimum atomic E-state index is -1.02. The van der Waals surface area contributed by atoms with Crippen molar-refractivity contribution in [2.75, 3.05) is 6.26 Å². The Bertz CT molecular complexity index is 855. The molecule has 0 bridgehead atoms. The van der Waals surface area contributed by atoms with Gasteiger partial charge in [-0.05, 0) is 52.5 Å². The normalized spacial score (nSPS) is 19.5. The molecule has 0 spiro atoms. The quantitative estimate of drug-likeness (QED) is 0.537. The van der Waals surface area contributed by atoms with Crippen LogP contribution in [0.5, 0.6) is 0 Å². The van der Waals surface area contributed by atoms with Crippen molar-refractivity contribution in [2.45, 2.75) is 63.1 Å². The van der Waals surface area contributed by atoms with Crippen LogP contribution in [0.25, 0.3) is 10.6 Å². The topological polar surface area (TPSA) is 56.3 Å². The maximum Gasteiger partial charge on any atom is 0.180 e. The Balaban J connectivity index is 2.08. The van der Waals surface area contributed by atoms with Crippen molar-refractivity contribution in [2.24, 2.45) is 0 Å². The molecule has 1 saturated heterocycles. The van der Waals surface area contributed by atoms with Crippen molar-refractivity contribution in [3.05, 3.63) is 34.8 Å². The summed E-state index contributed by atoms with van der Waals surface area (Å²) in [6, 6.07) is 8.19. The van der Waals surface area contributed by atoms with Gasteiger partial charge in [0.2, 0.25) is 0 Å². The number of ether oxygens (including phenoxy) is 1. The summed E-state index contributed by atoms with van der Waals surface area (Å²) >= 11 is 3.25. The Morgan fingerprint density at radius 1 is 1.07 bits per heavy atom. The highest BCUT2D eigenvalue weighted by Gasteiger charge is 2.54. The lowest BCUT2D eigenvalue weighted by atomic mass is 9.76. The van der Waals surface area contributed by atoms with Crippen LogP contribution < -0.4 is 0 Å². The van der Waals surface area contributed by atoms with Crippen LogP contribution in [-0.4, -0.2) is 34.0 Å². The van der Waals surface area contributed by atoms with Crippen LogP contribution in [0.2, 0.25) is 0 Å². The van der Waals surface area contributed by atoms with Gasteiger partial charge in [0.25, 0.3) is 0 Å². The first-order valence-corrected chi connectivity index (χ1v) is 11.1. The van der Waals surface area contributed by atoms with E-state index in [0.29, 0.717) is 5.69 Å². The molecule has 0 radical (unpaired) electrons. The number of aromatic nitrogens is 1. The SMILES string of the molecule is CCc1sc(-c2ccc(SC)cc2)nc1C1C(=O)C(C)(C)OC(C)(C)C1=O. The third-order valence-corrected chi connectivity index (χ3v) is 6.89. The lowest BCUT2D eigenvalue weighted by Gasteiger charge is -2.42. The summed E-state index contributed by atoms with van der Waals surface area (Å²) in [4.78, 5) is 33.1. The van der Waals surface area contributed by atoms with Crippen LogP contribution in [0.4, 0.5) is 0 Å². The fourth-order valence-corrected chi connectivity index (χ4v) is 4.95. The number of ketones is 2. The van der Waals surface area contributed by atoms with Crippen LogP contribution >= 0.6 is 23.1 Å². The summed E-state index contributed by atoms with van der Waals surface area (Å²) in [5.74, 6) is -1.29. The predicted octanol–water partition coefficient (Wildman–Crippen LogP) is 4.90. The number of thioether (sulfide) groups is 1. The van der Waals surface area contributed by atoms with Gasteiger partial charge in [-0.15, -0.1) is 23.1 Å². The van der Waals surface area contributed by atoms with Crippen molar-refractivity contribution in [3.63, 3.8) is 0 Å². The van der Waals surface area contributed by atoms with Gasteiger partial charge in [-0.3, -0.25) is 9.59 Å². The molecule has 1 aromatic carbocycles. The molecule has 1 aliphatic heterocycles. The Labute approximate surface area is 168 Å². The summed E-state index contributed by atoms with van der Waals surface area (Å²) in [7, 11) is 0. The van der Waals surface area contributed by atoms with Crippen molar-refractivity contribution >= 4 is 34.7 Å². The Kier molecular flexibility index (Phi) is 5.36. The molecule has 6 heteroatoms. The summed E-state index contributed by atoms with van der Waals surface area (Å²) < 4.78 is 5.80. The molecule has 2 aromatic rings. The van der Waals surface area contributed by atoms with E-state index in [9.17, 15) is 9.59 Å². The molecule has 0 saturated carbocycles. The maximum atomic E-state index is 13.1. The van der Waals surface area contributed by atoms with Gasteiger partial charge in [0, 0.05) is 15.3 Å². The molecule has 1 fully saturated rings. The van der Waals surface area contributed by atoms with E-state index in [1.807, 2.05) is 25.3 Å². The average Bonchev–Trinajstić information content (AvgIpc) is 3.04. The number of rotatable bonds is 4. The largest absolute Gasteiger partial charge is 0.354 e. The number of benzene rings is 1. The van der Waals surface area contributed by atoms with Crippen molar-refractivity contribution in [3.8, 4) is 10.6 Å². The monoisotopic (exact) mass is 403 g/mol. The average molecular weight is 404 g/mol. The zero-order valence-electron chi connectivity index (χ0n) is 16.6. The Morgan fingerprint density at radius 2 is 1.63 bits per heavy atom. The third kappa shape index (κ3) is 3.62. The highest BCUT2D eigenvalue weighted by molar-refractivity contribution is 7.98. The van der Waals surface area contributed by atoms with Crippen molar-refractivity contribution < 1.29 is 14.3 Å². The molecule has 1 aromatic heterocycles. The number of thiazole rings is 1. The smallest absolute Gasteiger partial charge is 0.180 e. The first kappa shape index (κ1) is 20.2. The molecule has 2 heterocycles. The van der Waals surface area contributed by atoms with E-state index in [0.717, 1.165) is 21.9 Å². The number of aryl methyl sites for hydroxylation is 1. The maximum absolute atomic E-state index is 13.1. The van der Waals surface area contributed by atoms with Gasteiger partial charge < -0.3 is 4.74 Å². The summed E-state index contributed by atoms with van der Waals surface area (Å²) in [5, 5.41) is 0.845. The molecule has 0 atom stereocenters. The molecule has 0 amide bonds. The van der Waals surface area contributed by atoms with E-state index in [1.54, 1.807) is 50.8 Å². The second kappa shape index (κ2) is 7.15. The first-order valence-electron chi connectivity index (χ1n) is 9.03. The number of hydrogen-bond donors (Lipinski definition) is 0. The highest BCUT2D eigenvalue weighted by Crippen LogP contribution is 2.41. The lowest BCUT2D eigenvalue weighted by molar-refractivity contribution is -0.184. The molecule has 0 aliphatic carbocycles. The standard InChI is InChI=1S/C21H25NO3S2/c1-7-14-16(15-17(23)20(2,3)25-21(4,5)18(15)24)22-19(27-14)12-8-10-13(26-6)11-9-12/h8-11,15H,7H2,1-6H3. The highest BCUT2D eigenvalue weighted by atomic mass is 32.2. The molecule has 0 unspecified atom stereocenters. The molecular weight excluding hydrogens is 378 g/mol. The third-order valence-electron chi connectivity index (χ3n) is 4.88. The zero-order valence-corrected chi connectivity index (χ0v) is 18.2. The van der Waals surface area contributed by atoms with E-state index < -0.39 is 17.1 Å². The van der Waals surface area contributed by atoms with Gasteiger partial charge in [0.05, 0.1) is 5.69 Å². The van der Waals surface area contributed by atoms with E-state index in [1.165, 1.54) is 4.90 Å². The number of carbonyl (C=O) groups is 2. The van der Waals surface area contributed by atoms with Gasteiger partial charge in [0.15, 0.2) is 11.6 Å². The molecule has 4 nitrogen and oxygen atoms in total. The minimum absolute atomic E-state index is 0.212. The van der Waals surface area contributed by atoms with Crippen LogP contribution in [0.1, 0.15) is 51.1 Å². The zero-order chi connectivity index (χ0) is 20.0. The van der Waals surface area contributed by atoms with Gasteiger partial charge in [-0.25, -0.2) is 4.98 Å². The van der Waals surface area contributed by atoms with Gasteiger partial charge in [0.1, 0.15) is 22.1 Å². The van der Waals surface area contributed by atoms with Gasteiger partial charge in [-0.1, -0.05) is 19.1 Å². The number of Topliss-reactive ketones (excluding diaryl/α,β-unsaturated/α-hetero) is 2. The van der Waals surface area contributed by atoms with E-state index in [-0.39, 0.29) is 11.6 Å². The van der Waals surface area contributed by atoms with Crippen LogP contribution in [-0.2, 0) is 20.7 Å². The fraction of sp³-hybridized carbons (Fsp3) is 0.476. The van der Waals surface area contributed by atoms with Crippen LogP contribution in [0, 0.1) is 0 Å². The minimum Gasteiger partial charge on any atom is -0.354 e. The molecule has 0 N–H and O–H groups in total. The predicted molar refractivity (Wildman–Crippen MR) is 111 cm³/mol. The first-order chi connectivity index (χ1) is 12.6. The summed E-state index contributed by atoms with van der Waals surface area (Å²) in [6.45, 7) is 8.96. The summed E-state index contributed by atoms with van der Waals surface area (Å²) in [5.41, 5.74) is -0.427. The second-order valence-electron chi connectivity index (χ2n) is 7.69. The number of carbonyl (C=O) groups excluding carboxylic acids is 2. The van der Waals surface area contributed by atoms with Crippen LogP contribution in [0.15, 0.2) is 29.2 Å². The van der Waals surface area contributed by atoms with Gasteiger partial charge in [-0.2, -0.15) is 0 Å². The fourth-order valence-electron chi connectivity index (χ4n) is 3.50. The van der Waals surface area contributed by atoms with Crippen molar-refractivity contribution in [1.82, 2.24) is 4.98 Å². The molecule has 1 aliphatic rings. The number of nitrogens with zero attached hydrogens (tertiary/aromatic N) is 1. The van der Waals surface area contributed by atoms with Crippen molar-refractivity contribution in [1.29, 1.82) is 0 Å². The van der Waals surface area contributed by atoms with Crippen LogP contribution in [0.3, 0.4) is 0 Å². The molecule has 27 heavy (non-hydrogen) atoms. The molecular formula is C21H25NO3S2. The lowest BCUT2D eigenvalue weighted by Crippen LogP contribution is -2.58. The second-order valence-corrected chi connectivity index (χ2v) is 9.66. The Morgan fingerprint density at radius 3 is 2.11 bits per heavy atom. The summed E-state index contributed by atoms with van der Waals surface area (Å²) in [6.07, 6.45) is 2.77.